The molecule has 1 aromatic rings. The maximum absolute atomic E-state index is 12.5. The molecule has 116 valence electrons. The maximum atomic E-state index is 12.5. The molecule has 1 saturated carbocycles. The van der Waals surface area contributed by atoms with E-state index in [1.807, 2.05) is 0 Å². The van der Waals surface area contributed by atoms with Crippen molar-refractivity contribution in [2.24, 2.45) is 11.8 Å². The minimum atomic E-state index is -4.49. The molecule has 3 rings (SSSR count). The molecule has 21 heavy (non-hydrogen) atoms. The molecule has 4 nitrogen and oxygen atoms in total. The van der Waals surface area contributed by atoms with Gasteiger partial charge in [-0.25, -0.2) is 8.42 Å². The van der Waals surface area contributed by atoms with E-state index in [0.29, 0.717) is 13.0 Å². The molecule has 1 saturated heterocycles. The second-order valence-corrected chi connectivity index (χ2v) is 7.51. The number of nitrogens with zero attached hydrogens (tertiary/aromatic N) is 1. The smallest absolute Gasteiger partial charge is 0.393 e. The van der Waals surface area contributed by atoms with Crippen LogP contribution in [0.4, 0.5) is 13.2 Å². The van der Waals surface area contributed by atoms with Gasteiger partial charge in [0, 0.05) is 19.0 Å². The van der Waals surface area contributed by atoms with E-state index in [1.165, 1.54) is 4.31 Å². The van der Waals surface area contributed by atoms with Gasteiger partial charge in [-0.05, 0) is 36.6 Å². The first-order valence-electron chi connectivity index (χ1n) is 6.55. The van der Waals surface area contributed by atoms with E-state index < -0.39 is 27.9 Å². The standard InChI is InChI=1S/C13H14F3NO3S/c14-13(15,16)9-1-3-10(4-2-9)21(19,20)17-6-8-5-12(18)11(8)7-17/h1-4,8,11-12,18H,5-7H2/t8-,11+,12-/m1/s1. The van der Waals surface area contributed by atoms with Crippen molar-refractivity contribution in [3.63, 3.8) is 0 Å². The fourth-order valence-electron chi connectivity index (χ4n) is 2.99. The van der Waals surface area contributed by atoms with E-state index in [4.69, 9.17) is 0 Å². The Labute approximate surface area is 120 Å². The number of hydrogen-bond acceptors (Lipinski definition) is 3. The molecule has 1 aromatic carbocycles. The van der Waals surface area contributed by atoms with Crippen molar-refractivity contribution in [2.75, 3.05) is 13.1 Å². The Bertz CT molecular complexity index is 642. The van der Waals surface area contributed by atoms with E-state index in [0.717, 1.165) is 24.3 Å². The Morgan fingerprint density at radius 1 is 1.14 bits per heavy atom. The average molecular weight is 321 g/mol. The summed E-state index contributed by atoms with van der Waals surface area (Å²) in [4.78, 5) is -0.147. The van der Waals surface area contributed by atoms with Crippen LogP contribution in [0.5, 0.6) is 0 Å². The van der Waals surface area contributed by atoms with Gasteiger partial charge < -0.3 is 5.11 Å². The molecule has 0 aromatic heterocycles. The second-order valence-electron chi connectivity index (χ2n) is 5.57. The highest BCUT2D eigenvalue weighted by atomic mass is 32.2. The summed E-state index contributed by atoms with van der Waals surface area (Å²) in [5.41, 5.74) is -0.877. The number of fused-ring (bicyclic) bond motifs is 1. The third-order valence-corrected chi connectivity index (χ3v) is 6.16. The van der Waals surface area contributed by atoms with Gasteiger partial charge >= 0.3 is 6.18 Å². The molecule has 1 aliphatic carbocycles. The van der Waals surface area contributed by atoms with Crippen molar-refractivity contribution in [1.29, 1.82) is 0 Å². The van der Waals surface area contributed by atoms with Gasteiger partial charge in [-0.1, -0.05) is 0 Å². The molecule has 0 bridgehead atoms. The Balaban J connectivity index is 1.82. The molecule has 1 heterocycles. The van der Waals surface area contributed by atoms with Gasteiger partial charge in [0.1, 0.15) is 0 Å². The maximum Gasteiger partial charge on any atom is 0.416 e. The molecule has 0 radical (unpaired) electrons. The highest BCUT2D eigenvalue weighted by Crippen LogP contribution is 2.42. The average Bonchev–Trinajstić information content (AvgIpc) is 2.76. The highest BCUT2D eigenvalue weighted by Gasteiger charge is 2.49. The number of halogens is 3. The zero-order chi connectivity index (χ0) is 15.4. The zero-order valence-corrected chi connectivity index (χ0v) is 11.7. The summed E-state index contributed by atoms with van der Waals surface area (Å²) in [6.07, 6.45) is -4.37. The minimum Gasteiger partial charge on any atom is -0.393 e. The summed E-state index contributed by atoms with van der Waals surface area (Å²) >= 11 is 0. The number of aliphatic hydroxyl groups is 1. The third-order valence-electron chi connectivity index (χ3n) is 4.32. The Morgan fingerprint density at radius 3 is 2.24 bits per heavy atom. The summed E-state index contributed by atoms with van der Waals surface area (Å²) in [5.74, 6) is 0.110. The van der Waals surface area contributed by atoms with Crippen LogP contribution in [-0.4, -0.2) is 37.0 Å². The fourth-order valence-corrected chi connectivity index (χ4v) is 4.53. The fraction of sp³-hybridized carbons (Fsp3) is 0.538. The molecule has 0 spiro atoms. The Kier molecular flexibility index (Phi) is 3.30. The van der Waals surface area contributed by atoms with Crippen molar-refractivity contribution in [3.8, 4) is 0 Å². The highest BCUT2D eigenvalue weighted by molar-refractivity contribution is 7.89. The van der Waals surface area contributed by atoms with Crippen LogP contribution in [0.1, 0.15) is 12.0 Å². The molecular weight excluding hydrogens is 307 g/mol. The largest absolute Gasteiger partial charge is 0.416 e. The van der Waals surface area contributed by atoms with Crippen molar-refractivity contribution in [3.05, 3.63) is 29.8 Å². The molecule has 0 unspecified atom stereocenters. The Morgan fingerprint density at radius 2 is 1.76 bits per heavy atom. The van der Waals surface area contributed by atoms with Gasteiger partial charge in [0.15, 0.2) is 0 Å². The van der Waals surface area contributed by atoms with Crippen LogP contribution in [0, 0.1) is 11.8 Å². The predicted molar refractivity (Wildman–Crippen MR) is 67.8 cm³/mol. The van der Waals surface area contributed by atoms with E-state index >= 15 is 0 Å². The van der Waals surface area contributed by atoms with Crippen molar-refractivity contribution >= 4 is 10.0 Å². The zero-order valence-electron chi connectivity index (χ0n) is 10.9. The van der Waals surface area contributed by atoms with Crippen molar-refractivity contribution in [2.45, 2.75) is 23.6 Å². The van der Waals surface area contributed by atoms with Crippen LogP contribution in [0.3, 0.4) is 0 Å². The molecule has 8 heteroatoms. The summed E-state index contributed by atoms with van der Waals surface area (Å²) in [6.45, 7) is 0.556. The topological polar surface area (TPSA) is 57.6 Å². The van der Waals surface area contributed by atoms with Gasteiger partial charge in [-0.15, -0.1) is 0 Å². The van der Waals surface area contributed by atoms with E-state index in [1.54, 1.807) is 0 Å². The Hall–Kier alpha value is -1.12. The normalized spacial score (nSPS) is 30.0. The molecule has 2 fully saturated rings. The lowest BCUT2D eigenvalue weighted by Crippen LogP contribution is -2.39. The number of alkyl halides is 3. The second kappa shape index (κ2) is 4.69. The quantitative estimate of drug-likeness (QED) is 0.902. The van der Waals surface area contributed by atoms with Crippen LogP contribution >= 0.6 is 0 Å². The van der Waals surface area contributed by atoms with Crippen LogP contribution in [-0.2, 0) is 16.2 Å². The van der Waals surface area contributed by atoms with E-state index in [9.17, 15) is 26.7 Å². The number of benzene rings is 1. The van der Waals surface area contributed by atoms with Gasteiger partial charge in [0.05, 0.1) is 16.6 Å². The van der Waals surface area contributed by atoms with Gasteiger partial charge in [0.2, 0.25) is 10.0 Å². The monoisotopic (exact) mass is 321 g/mol. The van der Waals surface area contributed by atoms with Crippen LogP contribution < -0.4 is 0 Å². The summed E-state index contributed by atoms with van der Waals surface area (Å²) in [5, 5.41) is 9.55. The lowest BCUT2D eigenvalue weighted by Gasteiger charge is -2.34. The van der Waals surface area contributed by atoms with Gasteiger partial charge in [0.25, 0.3) is 0 Å². The van der Waals surface area contributed by atoms with Crippen molar-refractivity contribution < 1.29 is 26.7 Å². The molecule has 1 N–H and O–H groups in total. The van der Waals surface area contributed by atoms with E-state index in [-0.39, 0.29) is 23.3 Å². The SMILES string of the molecule is O=S(=O)(c1ccc(C(F)(F)F)cc1)N1C[C@H]2C[C@@H](O)[C@H]2C1. The summed E-state index contributed by atoms with van der Waals surface area (Å²) in [6, 6.07) is 3.50. The molecule has 0 amide bonds. The first-order valence-corrected chi connectivity index (χ1v) is 7.99. The van der Waals surface area contributed by atoms with Crippen molar-refractivity contribution in [1.82, 2.24) is 4.31 Å². The van der Waals surface area contributed by atoms with Crippen LogP contribution in [0.2, 0.25) is 0 Å². The number of hydrogen-bond donors (Lipinski definition) is 1. The first kappa shape index (κ1) is 14.8. The molecule has 2 aliphatic rings. The molecule has 3 atom stereocenters. The number of sulfonamides is 1. The minimum absolute atomic E-state index is 0.0470. The third kappa shape index (κ3) is 2.45. The van der Waals surface area contributed by atoms with Crippen LogP contribution in [0.15, 0.2) is 29.2 Å². The lowest BCUT2D eigenvalue weighted by atomic mass is 9.74. The summed E-state index contributed by atoms with van der Waals surface area (Å²) < 4.78 is 63.5. The van der Waals surface area contributed by atoms with E-state index in [2.05, 4.69) is 0 Å². The molecule has 1 aliphatic heterocycles. The van der Waals surface area contributed by atoms with Gasteiger partial charge in [-0.3, -0.25) is 0 Å². The number of rotatable bonds is 2. The number of aliphatic hydroxyl groups excluding tert-OH is 1. The first-order chi connectivity index (χ1) is 9.69. The summed E-state index contributed by atoms with van der Waals surface area (Å²) in [7, 11) is -3.80. The lowest BCUT2D eigenvalue weighted by molar-refractivity contribution is -0.137. The van der Waals surface area contributed by atoms with Gasteiger partial charge in [-0.2, -0.15) is 17.5 Å². The predicted octanol–water partition coefficient (Wildman–Crippen LogP) is 1.71. The molecular formula is C13H14F3NO3S. The van der Waals surface area contributed by atoms with Crippen LogP contribution in [0.25, 0.3) is 0 Å².